The summed E-state index contributed by atoms with van der Waals surface area (Å²) in [5.41, 5.74) is 11.0. The zero-order valence-corrected chi connectivity index (χ0v) is 14.1. The lowest BCUT2D eigenvalue weighted by Crippen LogP contribution is -2.12. The number of nitrogens with two attached hydrogens (primary N) is 1. The minimum absolute atomic E-state index is 0.0247. The van der Waals surface area contributed by atoms with Gasteiger partial charge in [0.15, 0.2) is 0 Å². The Balaban J connectivity index is 1.66. The number of benzene rings is 3. The molecule has 1 amide bonds. The largest absolute Gasteiger partial charge is 0.326 e. The maximum absolute atomic E-state index is 12.2. The van der Waals surface area contributed by atoms with Crippen LogP contribution in [0.2, 0.25) is 0 Å². The number of carbonyl (C=O) groups excluding carboxylic acids is 1. The molecule has 0 saturated heterocycles. The first-order valence-corrected chi connectivity index (χ1v) is 8.48. The molecule has 0 radical (unpaired) electrons. The highest BCUT2D eigenvalue weighted by Gasteiger charge is 2.05. The van der Waals surface area contributed by atoms with Crippen LogP contribution in [0.15, 0.2) is 78.9 Å². The third-order valence-electron chi connectivity index (χ3n) is 4.13. The average Bonchev–Trinajstić information content (AvgIpc) is 2.67. The van der Waals surface area contributed by atoms with Crippen LogP contribution in [0.25, 0.3) is 11.1 Å². The summed E-state index contributed by atoms with van der Waals surface area (Å²) >= 11 is 0. The first-order chi connectivity index (χ1) is 12.2. The maximum Gasteiger partial charge on any atom is 0.224 e. The van der Waals surface area contributed by atoms with Crippen molar-refractivity contribution in [3.8, 4) is 11.1 Å². The van der Waals surface area contributed by atoms with Gasteiger partial charge in [0.1, 0.15) is 0 Å². The van der Waals surface area contributed by atoms with E-state index in [1.165, 1.54) is 5.56 Å². The van der Waals surface area contributed by atoms with Crippen molar-refractivity contribution < 1.29 is 4.79 Å². The van der Waals surface area contributed by atoms with E-state index in [1.807, 2.05) is 66.7 Å². The van der Waals surface area contributed by atoms with Gasteiger partial charge in [-0.2, -0.15) is 0 Å². The molecule has 0 aromatic heterocycles. The monoisotopic (exact) mass is 330 g/mol. The molecule has 3 N–H and O–H groups in total. The molecule has 0 fully saturated rings. The second-order valence-corrected chi connectivity index (χ2v) is 6.02. The molecule has 0 saturated carbocycles. The number of hydrogen-bond donors (Lipinski definition) is 2. The highest BCUT2D eigenvalue weighted by molar-refractivity contribution is 5.91. The van der Waals surface area contributed by atoms with E-state index >= 15 is 0 Å². The topological polar surface area (TPSA) is 55.1 Å². The van der Waals surface area contributed by atoms with Crippen LogP contribution in [0, 0.1) is 0 Å². The van der Waals surface area contributed by atoms with Gasteiger partial charge in [0.25, 0.3) is 0 Å². The predicted molar refractivity (Wildman–Crippen MR) is 103 cm³/mol. The van der Waals surface area contributed by atoms with Gasteiger partial charge in [-0.15, -0.1) is 0 Å². The SMILES string of the molecule is NCc1cccc(-c2cccc(NC(=O)CCc3ccccc3)c2)c1. The Morgan fingerprint density at radius 3 is 2.24 bits per heavy atom. The number of aryl methyl sites for hydroxylation is 1. The van der Waals surface area contributed by atoms with Crippen molar-refractivity contribution in [1.29, 1.82) is 0 Å². The van der Waals surface area contributed by atoms with Crippen molar-refractivity contribution in [1.82, 2.24) is 0 Å². The van der Waals surface area contributed by atoms with E-state index in [9.17, 15) is 4.79 Å². The molecule has 0 heterocycles. The molecule has 0 aliphatic carbocycles. The van der Waals surface area contributed by atoms with Crippen molar-refractivity contribution in [2.75, 3.05) is 5.32 Å². The standard InChI is InChI=1S/C22H22N2O/c23-16-18-8-4-9-19(14-18)20-10-5-11-21(15-20)24-22(25)13-12-17-6-2-1-3-7-17/h1-11,14-15H,12-13,16,23H2,(H,24,25). The second-order valence-electron chi connectivity index (χ2n) is 6.02. The highest BCUT2D eigenvalue weighted by Crippen LogP contribution is 2.23. The molecule has 3 nitrogen and oxygen atoms in total. The number of carbonyl (C=O) groups is 1. The van der Waals surface area contributed by atoms with Gasteiger partial charge in [-0.25, -0.2) is 0 Å². The van der Waals surface area contributed by atoms with Crippen LogP contribution in [-0.4, -0.2) is 5.91 Å². The van der Waals surface area contributed by atoms with Crippen molar-refractivity contribution in [3.63, 3.8) is 0 Å². The van der Waals surface area contributed by atoms with E-state index in [2.05, 4.69) is 17.4 Å². The minimum Gasteiger partial charge on any atom is -0.326 e. The Kier molecular flexibility index (Phi) is 5.60. The van der Waals surface area contributed by atoms with Crippen LogP contribution in [0.5, 0.6) is 0 Å². The molecule has 3 aromatic carbocycles. The Bertz CT molecular complexity index is 843. The molecular weight excluding hydrogens is 308 g/mol. The van der Waals surface area contributed by atoms with Gasteiger partial charge in [-0.1, -0.05) is 60.7 Å². The van der Waals surface area contributed by atoms with Gasteiger partial charge in [-0.3, -0.25) is 4.79 Å². The average molecular weight is 330 g/mol. The van der Waals surface area contributed by atoms with Gasteiger partial charge in [0.2, 0.25) is 5.91 Å². The molecule has 3 rings (SSSR count). The molecule has 126 valence electrons. The maximum atomic E-state index is 12.2. The third kappa shape index (κ3) is 4.78. The fourth-order valence-corrected chi connectivity index (χ4v) is 2.78. The predicted octanol–water partition coefficient (Wildman–Crippen LogP) is 4.38. The summed E-state index contributed by atoms with van der Waals surface area (Å²) in [6.45, 7) is 0.518. The van der Waals surface area contributed by atoms with Gasteiger partial charge in [0, 0.05) is 18.7 Å². The molecule has 0 atom stereocenters. The second kappa shape index (κ2) is 8.27. The molecule has 0 bridgehead atoms. The van der Waals surface area contributed by atoms with Crippen LogP contribution < -0.4 is 11.1 Å². The lowest BCUT2D eigenvalue weighted by Gasteiger charge is -2.09. The van der Waals surface area contributed by atoms with Gasteiger partial charge in [0.05, 0.1) is 0 Å². The van der Waals surface area contributed by atoms with Crippen LogP contribution in [0.4, 0.5) is 5.69 Å². The number of hydrogen-bond acceptors (Lipinski definition) is 2. The van der Waals surface area contributed by atoms with Gasteiger partial charge < -0.3 is 11.1 Å². The molecule has 25 heavy (non-hydrogen) atoms. The summed E-state index contributed by atoms with van der Waals surface area (Å²) in [5.74, 6) is 0.0247. The zero-order valence-electron chi connectivity index (χ0n) is 14.1. The lowest BCUT2D eigenvalue weighted by molar-refractivity contribution is -0.116. The van der Waals surface area contributed by atoms with E-state index in [-0.39, 0.29) is 5.91 Å². The summed E-state index contributed by atoms with van der Waals surface area (Å²) in [4.78, 5) is 12.2. The van der Waals surface area contributed by atoms with Crippen LogP contribution in [0.1, 0.15) is 17.5 Å². The summed E-state index contributed by atoms with van der Waals surface area (Å²) < 4.78 is 0. The van der Waals surface area contributed by atoms with Crippen LogP contribution in [-0.2, 0) is 17.8 Å². The van der Waals surface area contributed by atoms with Crippen molar-refractivity contribution >= 4 is 11.6 Å². The minimum atomic E-state index is 0.0247. The van der Waals surface area contributed by atoms with Crippen molar-refractivity contribution in [2.45, 2.75) is 19.4 Å². The Labute approximate surface area is 148 Å². The summed E-state index contributed by atoms with van der Waals surface area (Å²) in [6.07, 6.45) is 1.21. The van der Waals surface area contributed by atoms with E-state index in [4.69, 9.17) is 5.73 Å². The van der Waals surface area contributed by atoms with Crippen molar-refractivity contribution in [3.05, 3.63) is 90.0 Å². The van der Waals surface area contributed by atoms with E-state index in [1.54, 1.807) is 0 Å². The van der Waals surface area contributed by atoms with E-state index in [0.29, 0.717) is 13.0 Å². The molecule has 0 unspecified atom stereocenters. The van der Waals surface area contributed by atoms with Gasteiger partial charge >= 0.3 is 0 Å². The smallest absolute Gasteiger partial charge is 0.224 e. The fourth-order valence-electron chi connectivity index (χ4n) is 2.78. The van der Waals surface area contributed by atoms with Crippen molar-refractivity contribution in [2.24, 2.45) is 5.73 Å². The fraction of sp³-hybridized carbons (Fsp3) is 0.136. The summed E-state index contributed by atoms with van der Waals surface area (Å²) in [6, 6.07) is 26.1. The third-order valence-corrected chi connectivity index (χ3v) is 4.13. The molecule has 0 spiro atoms. The quantitative estimate of drug-likeness (QED) is 0.704. The lowest BCUT2D eigenvalue weighted by atomic mass is 10.0. The van der Waals surface area contributed by atoms with Crippen LogP contribution in [0.3, 0.4) is 0 Å². The number of amides is 1. The van der Waals surface area contributed by atoms with Gasteiger partial charge in [-0.05, 0) is 46.9 Å². The Morgan fingerprint density at radius 1 is 0.800 bits per heavy atom. The molecular formula is C22H22N2O. The first kappa shape index (κ1) is 16.9. The molecule has 3 heteroatoms. The molecule has 0 aliphatic rings. The Morgan fingerprint density at radius 2 is 1.48 bits per heavy atom. The zero-order chi connectivity index (χ0) is 17.5. The normalized spacial score (nSPS) is 10.4. The van der Waals surface area contributed by atoms with E-state index < -0.39 is 0 Å². The number of anilines is 1. The number of nitrogens with one attached hydrogen (secondary N) is 1. The first-order valence-electron chi connectivity index (χ1n) is 8.48. The highest BCUT2D eigenvalue weighted by atomic mass is 16.1. The van der Waals surface area contributed by atoms with E-state index in [0.717, 1.165) is 28.8 Å². The molecule has 0 aliphatic heterocycles. The Hall–Kier alpha value is -2.91. The molecule has 3 aromatic rings. The van der Waals surface area contributed by atoms with Crippen LogP contribution >= 0.6 is 0 Å². The summed E-state index contributed by atoms with van der Waals surface area (Å²) in [5, 5.41) is 2.99. The number of rotatable bonds is 6. The summed E-state index contributed by atoms with van der Waals surface area (Å²) in [7, 11) is 0.